The van der Waals surface area contributed by atoms with E-state index in [-0.39, 0.29) is 24.6 Å². The summed E-state index contributed by atoms with van der Waals surface area (Å²) in [7, 11) is 1.62. The molecule has 0 bridgehead atoms. The second-order valence-electron chi connectivity index (χ2n) is 11.5. The van der Waals surface area contributed by atoms with Crippen LogP contribution in [0, 0.1) is 0 Å². The highest BCUT2D eigenvalue weighted by molar-refractivity contribution is 5.98. The van der Waals surface area contributed by atoms with Gasteiger partial charge in [0.2, 0.25) is 0 Å². The number of carbonyl (C=O) groups is 1. The number of nitrogens with one attached hydrogen (secondary N) is 1. The van der Waals surface area contributed by atoms with Crippen LogP contribution in [-0.4, -0.2) is 86.8 Å². The summed E-state index contributed by atoms with van der Waals surface area (Å²) in [5.74, 6) is 0.678. The average Bonchev–Trinajstić information content (AvgIpc) is 3.73. The molecule has 10 nitrogen and oxygen atoms in total. The molecule has 2 fully saturated rings. The van der Waals surface area contributed by atoms with Crippen LogP contribution in [-0.2, 0) is 4.74 Å². The Balaban J connectivity index is 1.21. The molecule has 3 atom stereocenters. The van der Waals surface area contributed by atoms with E-state index < -0.39 is 5.60 Å². The number of ether oxygens (including phenoxy) is 2. The van der Waals surface area contributed by atoms with Gasteiger partial charge < -0.3 is 29.4 Å². The van der Waals surface area contributed by atoms with Crippen LogP contribution in [0.3, 0.4) is 0 Å². The van der Waals surface area contributed by atoms with Gasteiger partial charge in [-0.2, -0.15) is 5.10 Å². The molecule has 1 aliphatic carbocycles. The Bertz CT molecular complexity index is 1470. The van der Waals surface area contributed by atoms with Gasteiger partial charge in [-0.1, -0.05) is 43.2 Å². The molecule has 226 valence electrons. The van der Waals surface area contributed by atoms with Gasteiger partial charge in [0.15, 0.2) is 5.69 Å². The van der Waals surface area contributed by atoms with Gasteiger partial charge in [-0.3, -0.25) is 4.79 Å². The zero-order valence-electron chi connectivity index (χ0n) is 24.6. The molecule has 43 heavy (non-hydrogen) atoms. The SMILES string of the molecule is COC[C@]1(O)CCCC[C@H]1n1cnc(C(=O)N2CCNC[C@H]2CCOc2ccc(-n3cccn3)cc2)c1-c1ccccc1. The Labute approximate surface area is 252 Å². The molecule has 10 heteroatoms. The molecule has 0 spiro atoms. The van der Waals surface area contributed by atoms with Crippen molar-refractivity contribution >= 4 is 5.91 Å². The van der Waals surface area contributed by atoms with Crippen LogP contribution in [0.4, 0.5) is 0 Å². The molecule has 1 saturated carbocycles. The summed E-state index contributed by atoms with van der Waals surface area (Å²) in [6.07, 6.45) is 9.44. The molecule has 0 radical (unpaired) electrons. The van der Waals surface area contributed by atoms with Crippen LogP contribution in [0.15, 0.2) is 79.4 Å². The first-order chi connectivity index (χ1) is 21.1. The van der Waals surface area contributed by atoms with Gasteiger partial charge in [0.05, 0.1) is 37.0 Å². The minimum atomic E-state index is -1.02. The second kappa shape index (κ2) is 13.1. The Kier molecular flexibility index (Phi) is 8.87. The smallest absolute Gasteiger partial charge is 0.275 e. The molecule has 3 heterocycles. The van der Waals surface area contributed by atoms with E-state index in [1.165, 1.54) is 0 Å². The maximum absolute atomic E-state index is 14.3. The number of nitrogens with zero attached hydrogens (tertiary/aromatic N) is 5. The molecule has 1 amide bonds. The lowest BCUT2D eigenvalue weighted by molar-refractivity contribution is -0.0893. The molecule has 2 aliphatic rings. The summed E-state index contributed by atoms with van der Waals surface area (Å²) in [4.78, 5) is 20.9. The lowest BCUT2D eigenvalue weighted by atomic mass is 9.80. The predicted octanol–water partition coefficient (Wildman–Crippen LogP) is 4.11. The van der Waals surface area contributed by atoms with Crippen molar-refractivity contribution in [3.05, 3.63) is 85.1 Å². The van der Waals surface area contributed by atoms with Crippen LogP contribution in [0.1, 0.15) is 48.6 Å². The third-order valence-corrected chi connectivity index (χ3v) is 8.67. The Morgan fingerprint density at radius 2 is 1.95 bits per heavy atom. The minimum absolute atomic E-state index is 0.0431. The highest BCUT2D eigenvalue weighted by atomic mass is 16.5. The van der Waals surface area contributed by atoms with Crippen molar-refractivity contribution in [1.29, 1.82) is 0 Å². The quantitative estimate of drug-likeness (QED) is 0.289. The first kappa shape index (κ1) is 29.1. The Hall–Kier alpha value is -3.99. The normalized spacial score (nSPS) is 22.4. The standard InChI is InChI=1S/C33H40N6O4/c1-42-23-33(41)16-6-5-10-29(33)38-24-35-30(31(38)25-8-3-2-4-9-25)32(40)37-20-18-34-22-27(37)15-21-43-28-13-11-26(12-14-28)39-19-7-17-36-39/h2-4,7-9,11-14,17,19,24,27,29,34,41H,5-6,10,15-16,18,20-23H2,1H3/t27-,29-,33-/m1/s1. The first-order valence-corrected chi connectivity index (χ1v) is 15.2. The van der Waals surface area contributed by atoms with Crippen molar-refractivity contribution in [2.75, 3.05) is 40.0 Å². The fourth-order valence-corrected chi connectivity index (χ4v) is 6.51. The molecular formula is C33H40N6O4. The molecule has 6 rings (SSSR count). The van der Waals surface area contributed by atoms with E-state index in [1.54, 1.807) is 24.3 Å². The molecule has 2 aromatic heterocycles. The summed E-state index contributed by atoms with van der Waals surface area (Å²) in [6, 6.07) is 19.3. The number of amides is 1. The zero-order valence-corrected chi connectivity index (χ0v) is 24.6. The molecular weight excluding hydrogens is 544 g/mol. The summed E-state index contributed by atoms with van der Waals surface area (Å²) < 4.78 is 15.4. The number of hydrogen-bond acceptors (Lipinski definition) is 7. The number of imidazole rings is 1. The fraction of sp³-hybridized carbons (Fsp3) is 0.424. The Morgan fingerprint density at radius 3 is 2.72 bits per heavy atom. The van der Waals surface area contributed by atoms with Gasteiger partial charge in [-0.25, -0.2) is 9.67 Å². The van der Waals surface area contributed by atoms with E-state index >= 15 is 0 Å². The highest BCUT2D eigenvalue weighted by Crippen LogP contribution is 2.41. The lowest BCUT2D eigenvalue weighted by Crippen LogP contribution is -2.54. The van der Waals surface area contributed by atoms with E-state index in [2.05, 4.69) is 10.4 Å². The van der Waals surface area contributed by atoms with Crippen molar-refractivity contribution in [2.24, 2.45) is 0 Å². The van der Waals surface area contributed by atoms with E-state index in [9.17, 15) is 9.90 Å². The molecule has 2 aromatic carbocycles. The first-order valence-electron chi connectivity index (χ1n) is 15.2. The number of carbonyl (C=O) groups excluding carboxylic acids is 1. The molecule has 1 aliphatic heterocycles. The number of aliphatic hydroxyl groups is 1. The molecule has 4 aromatic rings. The summed E-state index contributed by atoms with van der Waals surface area (Å²) in [5.41, 5.74) is 2.01. The largest absolute Gasteiger partial charge is 0.494 e. The van der Waals surface area contributed by atoms with E-state index in [0.29, 0.717) is 38.2 Å². The zero-order chi connectivity index (χ0) is 29.6. The molecule has 1 saturated heterocycles. The van der Waals surface area contributed by atoms with Gasteiger partial charge in [0.1, 0.15) is 11.4 Å². The van der Waals surface area contributed by atoms with Crippen molar-refractivity contribution in [1.82, 2.24) is 29.5 Å². The third kappa shape index (κ3) is 6.22. The second-order valence-corrected chi connectivity index (χ2v) is 11.5. The van der Waals surface area contributed by atoms with Gasteiger partial charge >= 0.3 is 0 Å². The summed E-state index contributed by atoms with van der Waals surface area (Å²) in [6.45, 7) is 2.70. The predicted molar refractivity (Wildman–Crippen MR) is 163 cm³/mol. The number of piperazine rings is 1. The minimum Gasteiger partial charge on any atom is -0.494 e. The molecule has 2 N–H and O–H groups in total. The topological polar surface area (TPSA) is 107 Å². The number of rotatable bonds is 10. The van der Waals surface area contributed by atoms with Crippen molar-refractivity contribution < 1.29 is 19.4 Å². The highest BCUT2D eigenvalue weighted by Gasteiger charge is 2.42. The van der Waals surface area contributed by atoms with Crippen LogP contribution in [0.25, 0.3) is 16.9 Å². The van der Waals surface area contributed by atoms with E-state index in [4.69, 9.17) is 14.5 Å². The number of hydrogen-bond donors (Lipinski definition) is 2. The third-order valence-electron chi connectivity index (χ3n) is 8.67. The van der Waals surface area contributed by atoms with Crippen molar-refractivity contribution in [3.63, 3.8) is 0 Å². The van der Waals surface area contributed by atoms with E-state index in [0.717, 1.165) is 48.5 Å². The van der Waals surface area contributed by atoms with Gasteiger partial charge in [0.25, 0.3) is 5.91 Å². The number of benzene rings is 2. The maximum atomic E-state index is 14.3. The van der Waals surface area contributed by atoms with Crippen molar-refractivity contribution in [2.45, 2.75) is 49.8 Å². The lowest BCUT2D eigenvalue weighted by Gasteiger charge is -2.41. The number of methoxy groups -OCH3 is 1. The summed E-state index contributed by atoms with van der Waals surface area (Å²) in [5, 5.41) is 19.4. The van der Waals surface area contributed by atoms with E-state index in [1.807, 2.05) is 76.3 Å². The van der Waals surface area contributed by atoms with Crippen LogP contribution in [0.2, 0.25) is 0 Å². The van der Waals surface area contributed by atoms with Crippen molar-refractivity contribution in [3.8, 4) is 22.7 Å². The van der Waals surface area contributed by atoms with Gasteiger partial charge in [-0.05, 0) is 43.2 Å². The maximum Gasteiger partial charge on any atom is 0.275 e. The van der Waals surface area contributed by atoms with Crippen LogP contribution >= 0.6 is 0 Å². The Morgan fingerprint density at radius 1 is 1.12 bits per heavy atom. The van der Waals surface area contributed by atoms with Crippen LogP contribution < -0.4 is 10.1 Å². The fourth-order valence-electron chi connectivity index (χ4n) is 6.51. The molecule has 0 unspecified atom stereocenters. The summed E-state index contributed by atoms with van der Waals surface area (Å²) >= 11 is 0. The van der Waals surface area contributed by atoms with Gasteiger partial charge in [0, 0.05) is 57.2 Å². The average molecular weight is 585 g/mol. The van der Waals surface area contributed by atoms with Gasteiger partial charge in [-0.15, -0.1) is 0 Å². The number of aromatic nitrogens is 4. The van der Waals surface area contributed by atoms with Crippen LogP contribution in [0.5, 0.6) is 5.75 Å². The monoisotopic (exact) mass is 584 g/mol.